The number of aromatic nitrogens is 2. The second kappa shape index (κ2) is 8.39. The van der Waals surface area contributed by atoms with E-state index in [1.807, 2.05) is 36.4 Å². The molecule has 5 aromatic rings. The predicted octanol–water partition coefficient (Wildman–Crippen LogP) is 4.45. The number of methoxy groups -OCH3 is 1. The van der Waals surface area contributed by atoms with Gasteiger partial charge in [0.1, 0.15) is 17.1 Å². The third-order valence-electron chi connectivity index (χ3n) is 5.11. The number of hydrogen-bond donors (Lipinski definition) is 0. The summed E-state index contributed by atoms with van der Waals surface area (Å²) >= 11 is 1.38. The van der Waals surface area contributed by atoms with Gasteiger partial charge in [-0.2, -0.15) is 0 Å². The Morgan fingerprint density at radius 2 is 1.91 bits per heavy atom. The molecule has 160 valence electrons. The van der Waals surface area contributed by atoms with E-state index in [0.29, 0.717) is 38.9 Å². The average Bonchev–Trinajstić information content (AvgIpc) is 3.32. The summed E-state index contributed by atoms with van der Waals surface area (Å²) in [5, 5.41) is 1.89. The minimum Gasteiger partial charge on any atom is -0.497 e. The SMILES string of the molecule is COc1ccc2c(CSc3nc4ccccc4c(=O)n3Cc3ccco3)cc(=O)oc2c1. The van der Waals surface area contributed by atoms with E-state index >= 15 is 0 Å². The van der Waals surface area contributed by atoms with Crippen LogP contribution in [-0.4, -0.2) is 16.7 Å². The van der Waals surface area contributed by atoms with E-state index < -0.39 is 5.63 Å². The second-order valence-corrected chi connectivity index (χ2v) is 8.07. The van der Waals surface area contributed by atoms with E-state index in [9.17, 15) is 9.59 Å². The molecule has 5 rings (SSSR count). The molecule has 0 bridgehead atoms. The minimum atomic E-state index is -0.444. The first-order chi connectivity index (χ1) is 15.6. The van der Waals surface area contributed by atoms with Crippen molar-refractivity contribution in [1.29, 1.82) is 0 Å². The number of rotatable bonds is 6. The molecule has 0 radical (unpaired) electrons. The molecule has 3 heterocycles. The van der Waals surface area contributed by atoms with Crippen LogP contribution in [0.3, 0.4) is 0 Å². The summed E-state index contributed by atoms with van der Waals surface area (Å²) in [4.78, 5) is 30.1. The predicted molar refractivity (Wildman–Crippen MR) is 122 cm³/mol. The Kier molecular flexibility index (Phi) is 5.28. The lowest BCUT2D eigenvalue weighted by Crippen LogP contribution is -2.23. The summed E-state index contributed by atoms with van der Waals surface area (Å²) < 4.78 is 17.6. The molecule has 0 fully saturated rings. The number of furan rings is 1. The van der Waals surface area contributed by atoms with Crippen molar-refractivity contribution in [3.05, 3.63) is 99.0 Å². The zero-order valence-electron chi connectivity index (χ0n) is 17.1. The summed E-state index contributed by atoms with van der Waals surface area (Å²) in [6.45, 7) is 0.265. The lowest BCUT2D eigenvalue weighted by atomic mass is 10.1. The highest BCUT2D eigenvalue weighted by atomic mass is 32.2. The van der Waals surface area contributed by atoms with Crippen molar-refractivity contribution in [3.8, 4) is 5.75 Å². The minimum absolute atomic E-state index is 0.142. The molecule has 0 saturated carbocycles. The molecule has 0 amide bonds. The summed E-state index contributed by atoms with van der Waals surface area (Å²) in [6.07, 6.45) is 1.57. The first kappa shape index (κ1) is 20.1. The van der Waals surface area contributed by atoms with Gasteiger partial charge in [-0.05, 0) is 42.0 Å². The van der Waals surface area contributed by atoms with E-state index in [2.05, 4.69) is 0 Å². The summed E-state index contributed by atoms with van der Waals surface area (Å²) in [5.41, 5.74) is 1.28. The Hall–Kier alpha value is -3.78. The summed E-state index contributed by atoms with van der Waals surface area (Å²) in [7, 11) is 1.56. The van der Waals surface area contributed by atoms with Crippen LogP contribution in [-0.2, 0) is 12.3 Å². The van der Waals surface area contributed by atoms with E-state index in [4.69, 9.17) is 18.6 Å². The lowest BCUT2D eigenvalue weighted by molar-refractivity contribution is 0.414. The van der Waals surface area contributed by atoms with E-state index in [1.165, 1.54) is 17.8 Å². The lowest BCUT2D eigenvalue weighted by Gasteiger charge is -2.13. The van der Waals surface area contributed by atoms with Gasteiger partial charge in [0.2, 0.25) is 0 Å². The van der Waals surface area contributed by atoms with Gasteiger partial charge in [-0.1, -0.05) is 23.9 Å². The highest BCUT2D eigenvalue weighted by Gasteiger charge is 2.15. The van der Waals surface area contributed by atoms with Crippen molar-refractivity contribution in [1.82, 2.24) is 9.55 Å². The van der Waals surface area contributed by atoms with Crippen molar-refractivity contribution in [2.45, 2.75) is 17.5 Å². The van der Waals surface area contributed by atoms with Crippen LogP contribution in [0.1, 0.15) is 11.3 Å². The van der Waals surface area contributed by atoms with Crippen LogP contribution in [0.25, 0.3) is 21.9 Å². The molecule has 0 atom stereocenters. The third-order valence-corrected chi connectivity index (χ3v) is 6.14. The molecule has 7 nitrogen and oxygen atoms in total. The summed E-state index contributed by atoms with van der Waals surface area (Å²) in [6, 6.07) is 17.7. The van der Waals surface area contributed by atoms with E-state index in [0.717, 1.165) is 10.9 Å². The first-order valence-electron chi connectivity index (χ1n) is 9.88. The molecule has 0 saturated heterocycles. The van der Waals surface area contributed by atoms with Gasteiger partial charge in [-0.15, -0.1) is 0 Å². The Labute approximate surface area is 186 Å². The number of para-hydroxylation sites is 1. The van der Waals surface area contributed by atoms with Crippen molar-refractivity contribution in [2.75, 3.05) is 7.11 Å². The van der Waals surface area contributed by atoms with Crippen molar-refractivity contribution in [3.63, 3.8) is 0 Å². The van der Waals surface area contributed by atoms with Crippen LogP contribution in [0.4, 0.5) is 0 Å². The molecule has 0 aliphatic rings. The Balaban J connectivity index is 1.57. The molecule has 0 spiro atoms. The highest BCUT2D eigenvalue weighted by molar-refractivity contribution is 7.98. The normalized spacial score (nSPS) is 11.3. The van der Waals surface area contributed by atoms with Crippen LogP contribution < -0.4 is 15.9 Å². The topological polar surface area (TPSA) is 87.5 Å². The molecular formula is C24H18N2O5S. The van der Waals surface area contributed by atoms with Gasteiger partial charge in [0.25, 0.3) is 5.56 Å². The fraction of sp³-hybridized carbons (Fsp3) is 0.125. The number of nitrogens with zero attached hydrogens (tertiary/aromatic N) is 2. The van der Waals surface area contributed by atoms with Crippen molar-refractivity contribution < 1.29 is 13.6 Å². The standard InChI is InChI=1S/C24H18N2O5S/c1-29-16-8-9-18-15(11-22(27)31-21(18)12-16)14-32-24-25-20-7-3-2-6-19(20)23(28)26(24)13-17-5-4-10-30-17/h2-12H,13-14H2,1H3. The van der Waals surface area contributed by atoms with Crippen LogP contribution in [0, 0.1) is 0 Å². The van der Waals surface area contributed by atoms with Gasteiger partial charge in [0.15, 0.2) is 5.16 Å². The Morgan fingerprint density at radius 3 is 2.72 bits per heavy atom. The third kappa shape index (κ3) is 3.80. The van der Waals surface area contributed by atoms with Crippen molar-refractivity contribution in [2.24, 2.45) is 0 Å². The number of benzene rings is 2. The van der Waals surface area contributed by atoms with Crippen LogP contribution >= 0.6 is 11.8 Å². The molecule has 0 unspecified atom stereocenters. The molecule has 0 N–H and O–H groups in total. The number of hydrogen-bond acceptors (Lipinski definition) is 7. The molecule has 8 heteroatoms. The zero-order chi connectivity index (χ0) is 22.1. The quantitative estimate of drug-likeness (QED) is 0.216. The van der Waals surface area contributed by atoms with Crippen LogP contribution in [0.2, 0.25) is 0 Å². The first-order valence-corrected chi connectivity index (χ1v) is 10.9. The molecule has 3 aromatic heterocycles. The maximum Gasteiger partial charge on any atom is 0.336 e. The van der Waals surface area contributed by atoms with Gasteiger partial charge < -0.3 is 13.6 Å². The fourth-order valence-corrected chi connectivity index (χ4v) is 4.54. The van der Waals surface area contributed by atoms with E-state index in [-0.39, 0.29) is 12.1 Å². The largest absolute Gasteiger partial charge is 0.497 e. The molecule has 32 heavy (non-hydrogen) atoms. The zero-order valence-corrected chi connectivity index (χ0v) is 17.9. The maximum absolute atomic E-state index is 13.2. The average molecular weight is 446 g/mol. The molecule has 0 aliphatic heterocycles. The van der Waals surface area contributed by atoms with Crippen molar-refractivity contribution >= 4 is 33.6 Å². The number of ether oxygens (including phenoxy) is 1. The van der Waals surface area contributed by atoms with Gasteiger partial charge in [-0.25, -0.2) is 9.78 Å². The van der Waals surface area contributed by atoms with Crippen LogP contribution in [0.15, 0.2) is 90.5 Å². The smallest absolute Gasteiger partial charge is 0.336 e. The van der Waals surface area contributed by atoms with E-state index in [1.54, 1.807) is 36.1 Å². The second-order valence-electron chi connectivity index (χ2n) is 7.12. The Bertz CT molecular complexity index is 1540. The maximum atomic E-state index is 13.2. The fourth-order valence-electron chi connectivity index (χ4n) is 3.55. The van der Waals surface area contributed by atoms with Gasteiger partial charge in [0.05, 0.1) is 30.8 Å². The number of fused-ring (bicyclic) bond motifs is 2. The Morgan fingerprint density at radius 1 is 1.03 bits per heavy atom. The molecule has 0 aliphatic carbocycles. The van der Waals surface area contributed by atoms with Gasteiger partial charge in [0, 0.05) is 23.3 Å². The monoisotopic (exact) mass is 446 g/mol. The summed E-state index contributed by atoms with van der Waals surface area (Å²) in [5.74, 6) is 1.69. The molecular weight excluding hydrogens is 428 g/mol. The van der Waals surface area contributed by atoms with Gasteiger partial charge in [-0.3, -0.25) is 9.36 Å². The number of thioether (sulfide) groups is 1. The van der Waals surface area contributed by atoms with Gasteiger partial charge >= 0.3 is 5.63 Å². The highest BCUT2D eigenvalue weighted by Crippen LogP contribution is 2.28. The molecule has 2 aromatic carbocycles. The van der Waals surface area contributed by atoms with Crippen LogP contribution in [0.5, 0.6) is 5.75 Å².